The fourth-order valence-corrected chi connectivity index (χ4v) is 3.89. The molecule has 1 aromatic rings. The Balaban J connectivity index is 1.72. The van der Waals surface area contributed by atoms with Gasteiger partial charge in [0.1, 0.15) is 0 Å². The van der Waals surface area contributed by atoms with Gasteiger partial charge in [-0.25, -0.2) is 0 Å². The maximum absolute atomic E-state index is 10.5. The van der Waals surface area contributed by atoms with Gasteiger partial charge in [-0.15, -0.1) is 0 Å². The summed E-state index contributed by atoms with van der Waals surface area (Å²) in [6.07, 6.45) is 3.09. The first-order chi connectivity index (χ1) is 9.45. The van der Waals surface area contributed by atoms with E-state index in [0.717, 1.165) is 32.4 Å². The van der Waals surface area contributed by atoms with Crippen molar-refractivity contribution in [3.63, 3.8) is 0 Å². The maximum atomic E-state index is 10.5. The highest BCUT2D eigenvalue weighted by Gasteiger charge is 2.41. The number of benzene rings is 1. The van der Waals surface area contributed by atoms with E-state index in [1.807, 2.05) is 0 Å². The van der Waals surface area contributed by atoms with Crippen LogP contribution >= 0.6 is 0 Å². The second kappa shape index (κ2) is 5.16. The minimum absolute atomic E-state index is 0.149. The molecule has 2 heteroatoms. The summed E-state index contributed by atoms with van der Waals surface area (Å²) in [5, 5.41) is 10.5. The summed E-state index contributed by atoms with van der Waals surface area (Å²) in [4.78, 5) is 2.51. The fraction of sp³-hybridized carbons (Fsp3) is 0.667. The third-order valence-electron chi connectivity index (χ3n) is 5.35. The second-order valence-corrected chi connectivity index (χ2v) is 7.66. The molecule has 1 heterocycles. The van der Waals surface area contributed by atoms with Crippen molar-refractivity contribution in [1.29, 1.82) is 0 Å². The van der Waals surface area contributed by atoms with Crippen LogP contribution in [0.4, 0.5) is 0 Å². The molecule has 1 aromatic carbocycles. The Hall–Kier alpha value is -0.860. The molecule has 0 bridgehead atoms. The normalized spacial score (nSPS) is 31.3. The van der Waals surface area contributed by atoms with Gasteiger partial charge in [-0.2, -0.15) is 0 Å². The van der Waals surface area contributed by atoms with Gasteiger partial charge in [0, 0.05) is 19.1 Å². The number of aliphatic hydroxyl groups is 1. The van der Waals surface area contributed by atoms with Crippen LogP contribution in [0.3, 0.4) is 0 Å². The molecule has 0 aromatic heterocycles. The molecular formula is C18H27NO. The minimum Gasteiger partial charge on any atom is -0.391 e. The highest BCUT2D eigenvalue weighted by molar-refractivity contribution is 5.29. The molecule has 20 heavy (non-hydrogen) atoms. The first-order valence-electron chi connectivity index (χ1n) is 7.94. The predicted molar refractivity (Wildman–Crippen MR) is 82.5 cm³/mol. The van der Waals surface area contributed by atoms with E-state index in [9.17, 15) is 5.11 Å². The lowest BCUT2D eigenvalue weighted by Crippen LogP contribution is -2.43. The van der Waals surface area contributed by atoms with Crippen LogP contribution in [-0.4, -0.2) is 28.7 Å². The summed E-state index contributed by atoms with van der Waals surface area (Å²) in [5.74, 6) is 0.639. The van der Waals surface area contributed by atoms with Crippen molar-refractivity contribution in [2.45, 2.75) is 58.7 Å². The summed E-state index contributed by atoms with van der Waals surface area (Å²) < 4.78 is 0. The van der Waals surface area contributed by atoms with Crippen molar-refractivity contribution in [2.24, 2.45) is 11.3 Å². The topological polar surface area (TPSA) is 23.5 Å². The van der Waals surface area contributed by atoms with Gasteiger partial charge in [0.25, 0.3) is 0 Å². The Labute approximate surface area is 122 Å². The largest absolute Gasteiger partial charge is 0.391 e. The zero-order valence-electron chi connectivity index (χ0n) is 13.0. The molecular weight excluding hydrogens is 246 g/mol. The van der Waals surface area contributed by atoms with Crippen molar-refractivity contribution >= 4 is 0 Å². The summed E-state index contributed by atoms with van der Waals surface area (Å²) >= 11 is 0. The molecule has 0 amide bonds. The number of hydrogen-bond acceptors (Lipinski definition) is 2. The molecule has 3 atom stereocenters. The first-order valence-corrected chi connectivity index (χ1v) is 7.94. The van der Waals surface area contributed by atoms with Gasteiger partial charge in [0.05, 0.1) is 6.10 Å². The van der Waals surface area contributed by atoms with E-state index in [4.69, 9.17) is 0 Å². The van der Waals surface area contributed by atoms with E-state index >= 15 is 0 Å². The van der Waals surface area contributed by atoms with Gasteiger partial charge < -0.3 is 5.11 Å². The zero-order chi connectivity index (χ0) is 14.3. The van der Waals surface area contributed by atoms with Gasteiger partial charge >= 0.3 is 0 Å². The van der Waals surface area contributed by atoms with Crippen LogP contribution in [0.5, 0.6) is 0 Å². The van der Waals surface area contributed by atoms with E-state index in [-0.39, 0.29) is 6.10 Å². The van der Waals surface area contributed by atoms with Crippen molar-refractivity contribution in [3.05, 3.63) is 35.4 Å². The van der Waals surface area contributed by atoms with Gasteiger partial charge in [-0.3, -0.25) is 4.90 Å². The molecule has 1 aliphatic heterocycles. The summed E-state index contributed by atoms with van der Waals surface area (Å²) in [6.45, 7) is 9.01. The number of hydrogen-bond donors (Lipinski definition) is 1. The smallest absolute Gasteiger partial charge is 0.0698 e. The molecule has 1 N–H and O–H groups in total. The molecule has 2 aliphatic rings. The Bertz CT molecular complexity index is 477. The minimum atomic E-state index is -0.149. The molecule has 0 spiro atoms. The average molecular weight is 273 g/mol. The number of aliphatic hydroxyl groups excluding tert-OH is 1. The predicted octanol–water partition coefficient (Wildman–Crippen LogP) is 3.23. The van der Waals surface area contributed by atoms with Crippen LogP contribution in [0.25, 0.3) is 0 Å². The monoisotopic (exact) mass is 273 g/mol. The molecule has 3 unspecified atom stereocenters. The van der Waals surface area contributed by atoms with Gasteiger partial charge in [-0.05, 0) is 41.7 Å². The molecule has 3 rings (SSSR count). The molecule has 2 nitrogen and oxygen atoms in total. The highest BCUT2D eigenvalue weighted by Crippen LogP contribution is 2.42. The summed E-state index contributed by atoms with van der Waals surface area (Å²) in [6, 6.07) is 9.10. The average Bonchev–Trinajstić information content (AvgIpc) is 2.80. The molecule has 110 valence electrons. The van der Waals surface area contributed by atoms with Crippen LogP contribution in [0.15, 0.2) is 24.3 Å². The fourth-order valence-electron chi connectivity index (χ4n) is 3.89. The molecule has 1 aliphatic carbocycles. The zero-order valence-corrected chi connectivity index (χ0v) is 13.0. The Morgan fingerprint density at radius 1 is 1.10 bits per heavy atom. The van der Waals surface area contributed by atoms with Gasteiger partial charge in [0.2, 0.25) is 0 Å². The summed E-state index contributed by atoms with van der Waals surface area (Å²) in [5.41, 5.74) is 3.25. The quantitative estimate of drug-likeness (QED) is 0.849. The Morgan fingerprint density at radius 2 is 1.80 bits per heavy atom. The van der Waals surface area contributed by atoms with E-state index in [0.29, 0.717) is 17.4 Å². The van der Waals surface area contributed by atoms with Crippen molar-refractivity contribution in [3.8, 4) is 0 Å². The Kier molecular flexibility index (Phi) is 3.64. The molecule has 1 fully saturated rings. The highest BCUT2D eigenvalue weighted by atomic mass is 16.3. The van der Waals surface area contributed by atoms with Gasteiger partial charge in [0.15, 0.2) is 0 Å². The second-order valence-electron chi connectivity index (χ2n) is 7.66. The number of nitrogens with zero attached hydrogens (tertiary/aromatic N) is 1. The van der Waals surface area contributed by atoms with Crippen molar-refractivity contribution in [2.75, 3.05) is 6.54 Å². The molecule has 1 saturated carbocycles. The third-order valence-corrected chi connectivity index (χ3v) is 5.35. The first kappa shape index (κ1) is 14.1. The van der Waals surface area contributed by atoms with Gasteiger partial charge in [-0.1, -0.05) is 45.0 Å². The van der Waals surface area contributed by atoms with Crippen molar-refractivity contribution < 1.29 is 5.11 Å². The van der Waals surface area contributed by atoms with E-state index < -0.39 is 0 Å². The standard InChI is InChI=1S/C18H27NO/c1-18(2,3)15-10-16(17(20)11-15)19-9-8-13-6-4-5-7-14(13)12-19/h4-7,15-17,20H,8-12H2,1-3H3. The lowest BCUT2D eigenvalue weighted by Gasteiger charge is -2.35. The molecule has 0 radical (unpaired) electrons. The summed E-state index contributed by atoms with van der Waals surface area (Å²) in [7, 11) is 0. The van der Waals surface area contributed by atoms with Crippen LogP contribution in [-0.2, 0) is 13.0 Å². The van der Waals surface area contributed by atoms with Crippen LogP contribution in [0.2, 0.25) is 0 Å². The van der Waals surface area contributed by atoms with E-state index in [1.165, 1.54) is 11.1 Å². The van der Waals surface area contributed by atoms with Crippen LogP contribution in [0, 0.1) is 11.3 Å². The number of rotatable bonds is 1. The van der Waals surface area contributed by atoms with E-state index in [1.54, 1.807) is 0 Å². The lowest BCUT2D eigenvalue weighted by atomic mass is 9.79. The van der Waals surface area contributed by atoms with Crippen LogP contribution < -0.4 is 0 Å². The maximum Gasteiger partial charge on any atom is 0.0698 e. The van der Waals surface area contributed by atoms with Crippen molar-refractivity contribution in [1.82, 2.24) is 4.90 Å². The SMILES string of the molecule is CC(C)(C)C1CC(O)C(N2CCc3ccccc3C2)C1. The lowest BCUT2D eigenvalue weighted by molar-refractivity contribution is 0.0625. The third kappa shape index (κ3) is 2.64. The Morgan fingerprint density at radius 3 is 2.45 bits per heavy atom. The number of fused-ring (bicyclic) bond motifs is 1. The molecule has 0 saturated heterocycles. The van der Waals surface area contributed by atoms with E-state index in [2.05, 4.69) is 49.9 Å². The van der Waals surface area contributed by atoms with Crippen LogP contribution in [0.1, 0.15) is 44.7 Å².